The van der Waals surface area contributed by atoms with Crippen LogP contribution < -0.4 is 5.32 Å². The first-order valence-electron chi connectivity index (χ1n) is 6.65. The fourth-order valence-corrected chi connectivity index (χ4v) is 4.04. The number of phenols is 1. The highest BCUT2D eigenvalue weighted by Crippen LogP contribution is 2.35. The number of nitrogens with one attached hydrogen (secondary N) is 1. The Morgan fingerprint density at radius 3 is 2.62 bits per heavy atom. The van der Waals surface area contributed by atoms with Gasteiger partial charge in [0.15, 0.2) is 5.17 Å². The monoisotopic (exact) mass is 470 g/mol. The largest absolute Gasteiger partial charge is 0.506 e. The number of hydrogen-bond acceptors (Lipinski definition) is 4. The van der Waals surface area contributed by atoms with E-state index in [1.165, 1.54) is 24.3 Å². The molecule has 24 heavy (non-hydrogen) atoms. The van der Waals surface area contributed by atoms with Gasteiger partial charge in [-0.05, 0) is 70.2 Å². The molecule has 1 amide bonds. The highest BCUT2D eigenvalue weighted by atomic mass is 79.9. The molecule has 1 saturated heterocycles. The topological polar surface area (TPSA) is 61.7 Å². The summed E-state index contributed by atoms with van der Waals surface area (Å²) in [6.45, 7) is 0. The minimum atomic E-state index is -0.349. The number of nitrogens with zero attached hydrogens (tertiary/aromatic N) is 1. The maximum atomic E-state index is 12.9. The van der Waals surface area contributed by atoms with Gasteiger partial charge in [-0.3, -0.25) is 4.79 Å². The van der Waals surface area contributed by atoms with Crippen LogP contribution in [0.3, 0.4) is 0 Å². The molecule has 1 aliphatic heterocycles. The van der Waals surface area contributed by atoms with E-state index in [0.29, 0.717) is 25.8 Å². The molecule has 2 N–H and O–H groups in total. The first-order chi connectivity index (χ1) is 11.4. The van der Waals surface area contributed by atoms with Crippen LogP contribution in [-0.4, -0.2) is 16.2 Å². The summed E-state index contributed by atoms with van der Waals surface area (Å²) < 4.78 is 14.2. The molecule has 0 saturated carbocycles. The Bertz CT molecular complexity index is 882. The summed E-state index contributed by atoms with van der Waals surface area (Å²) >= 11 is 7.74. The minimum absolute atomic E-state index is 0.0445. The highest BCUT2D eigenvalue weighted by molar-refractivity contribution is 9.11. The van der Waals surface area contributed by atoms with Gasteiger partial charge in [0.05, 0.1) is 15.1 Å². The summed E-state index contributed by atoms with van der Waals surface area (Å²) in [4.78, 5) is 16.7. The second kappa shape index (κ2) is 7.08. The number of carbonyl (C=O) groups excluding carboxylic acids is 1. The SMILES string of the molecule is O=C1NC(=Nc2ccc(F)cc2)S/C1=C/c1cc(Br)cc(Br)c1O. The quantitative estimate of drug-likeness (QED) is 0.609. The molecule has 0 aliphatic carbocycles. The summed E-state index contributed by atoms with van der Waals surface area (Å²) in [6, 6.07) is 9.06. The Hall–Kier alpha value is -1.64. The Kier molecular flexibility index (Phi) is 5.07. The minimum Gasteiger partial charge on any atom is -0.506 e. The van der Waals surface area contributed by atoms with E-state index < -0.39 is 0 Å². The van der Waals surface area contributed by atoms with Gasteiger partial charge >= 0.3 is 0 Å². The number of halogens is 3. The molecule has 0 bridgehead atoms. The number of hydrogen-bond donors (Lipinski definition) is 2. The summed E-state index contributed by atoms with van der Waals surface area (Å²) in [5, 5.41) is 13.1. The van der Waals surface area contributed by atoms with E-state index in [9.17, 15) is 14.3 Å². The van der Waals surface area contributed by atoms with Crippen LogP contribution in [0.15, 0.2) is 55.2 Å². The van der Waals surface area contributed by atoms with Crippen LogP contribution >= 0.6 is 43.6 Å². The van der Waals surface area contributed by atoms with Crippen LogP contribution in [0.1, 0.15) is 5.56 Å². The van der Waals surface area contributed by atoms with Gasteiger partial charge < -0.3 is 10.4 Å². The maximum Gasteiger partial charge on any atom is 0.264 e. The number of amides is 1. The highest BCUT2D eigenvalue weighted by Gasteiger charge is 2.24. The van der Waals surface area contributed by atoms with Gasteiger partial charge in [-0.2, -0.15) is 0 Å². The molecule has 0 atom stereocenters. The number of aliphatic imine (C=N–C) groups is 1. The first-order valence-corrected chi connectivity index (χ1v) is 9.06. The normalized spacial score (nSPS) is 17.5. The van der Waals surface area contributed by atoms with Crippen LogP contribution in [0, 0.1) is 5.82 Å². The summed E-state index contributed by atoms with van der Waals surface area (Å²) in [7, 11) is 0. The number of phenolic OH excluding ortho intramolecular Hbond substituents is 1. The summed E-state index contributed by atoms with van der Waals surface area (Å²) in [5.41, 5.74) is 1.03. The number of amidine groups is 1. The Morgan fingerprint density at radius 1 is 1.21 bits per heavy atom. The van der Waals surface area contributed by atoms with Crippen LogP contribution in [0.2, 0.25) is 0 Å². The van der Waals surface area contributed by atoms with E-state index in [2.05, 4.69) is 42.2 Å². The number of benzene rings is 2. The van der Waals surface area contributed by atoms with Gasteiger partial charge in [-0.1, -0.05) is 15.9 Å². The van der Waals surface area contributed by atoms with Gasteiger partial charge in [0.25, 0.3) is 5.91 Å². The maximum absolute atomic E-state index is 12.9. The number of rotatable bonds is 2. The molecular formula is C16H9Br2FN2O2S. The molecule has 0 aromatic heterocycles. The zero-order chi connectivity index (χ0) is 17.3. The van der Waals surface area contributed by atoms with Crippen molar-refractivity contribution in [3.05, 3.63) is 61.6 Å². The predicted molar refractivity (Wildman–Crippen MR) is 101 cm³/mol. The van der Waals surface area contributed by atoms with Crippen LogP contribution in [0.25, 0.3) is 6.08 Å². The van der Waals surface area contributed by atoms with Crippen molar-refractivity contribution in [1.82, 2.24) is 5.32 Å². The van der Waals surface area contributed by atoms with Crippen LogP contribution in [-0.2, 0) is 4.79 Å². The lowest BCUT2D eigenvalue weighted by molar-refractivity contribution is -0.115. The average molecular weight is 472 g/mol. The fraction of sp³-hybridized carbons (Fsp3) is 0. The smallest absolute Gasteiger partial charge is 0.264 e. The van der Waals surface area contributed by atoms with Crippen molar-refractivity contribution in [2.75, 3.05) is 0 Å². The van der Waals surface area contributed by atoms with Crippen molar-refractivity contribution in [2.24, 2.45) is 4.99 Å². The molecule has 122 valence electrons. The van der Waals surface area contributed by atoms with E-state index in [4.69, 9.17) is 0 Å². The molecule has 2 aromatic rings. The van der Waals surface area contributed by atoms with E-state index in [0.717, 1.165) is 16.2 Å². The number of thioether (sulfide) groups is 1. The van der Waals surface area contributed by atoms with Crippen molar-refractivity contribution in [2.45, 2.75) is 0 Å². The average Bonchev–Trinajstić information content (AvgIpc) is 2.86. The first kappa shape index (κ1) is 17.2. The zero-order valence-electron chi connectivity index (χ0n) is 11.9. The second-order valence-corrected chi connectivity index (χ2v) is 7.58. The molecule has 0 spiro atoms. The molecule has 0 radical (unpaired) electrons. The van der Waals surface area contributed by atoms with Crippen molar-refractivity contribution < 1.29 is 14.3 Å². The van der Waals surface area contributed by atoms with Crippen LogP contribution in [0.5, 0.6) is 5.75 Å². The standard InChI is InChI=1S/C16H9Br2FN2O2S/c17-9-5-8(14(22)12(18)7-9)6-13-15(23)21-16(24-13)20-11-3-1-10(19)2-4-11/h1-7,22H,(H,20,21,23)/b13-6+. The van der Waals surface area contributed by atoms with E-state index >= 15 is 0 Å². The number of aromatic hydroxyl groups is 1. The van der Waals surface area contributed by atoms with E-state index in [-0.39, 0.29) is 17.5 Å². The molecule has 1 aliphatic rings. The fourth-order valence-electron chi connectivity index (χ4n) is 1.95. The van der Waals surface area contributed by atoms with Crippen molar-refractivity contribution in [3.8, 4) is 5.75 Å². The zero-order valence-corrected chi connectivity index (χ0v) is 15.9. The van der Waals surface area contributed by atoms with Crippen molar-refractivity contribution in [1.29, 1.82) is 0 Å². The van der Waals surface area contributed by atoms with E-state index in [1.54, 1.807) is 18.2 Å². The van der Waals surface area contributed by atoms with Gasteiger partial charge in [0.1, 0.15) is 11.6 Å². The predicted octanol–water partition coefficient (Wildman–Crippen LogP) is 4.95. The summed E-state index contributed by atoms with van der Waals surface area (Å²) in [6.07, 6.45) is 1.58. The van der Waals surface area contributed by atoms with Gasteiger partial charge in [-0.25, -0.2) is 9.38 Å². The third-order valence-corrected chi connectivity index (χ3v) is 5.02. The molecule has 1 fully saturated rings. The Balaban J connectivity index is 1.89. The molecule has 8 heteroatoms. The van der Waals surface area contributed by atoms with Crippen LogP contribution in [0.4, 0.5) is 10.1 Å². The molecule has 4 nitrogen and oxygen atoms in total. The van der Waals surface area contributed by atoms with Crippen molar-refractivity contribution in [3.63, 3.8) is 0 Å². The van der Waals surface area contributed by atoms with Crippen molar-refractivity contribution >= 4 is 66.5 Å². The third-order valence-electron chi connectivity index (χ3n) is 3.05. The lowest BCUT2D eigenvalue weighted by atomic mass is 10.2. The molecular weight excluding hydrogens is 463 g/mol. The number of carbonyl (C=O) groups is 1. The summed E-state index contributed by atoms with van der Waals surface area (Å²) in [5.74, 6) is -0.613. The lowest BCUT2D eigenvalue weighted by Gasteiger charge is -2.03. The molecule has 1 heterocycles. The second-order valence-electron chi connectivity index (χ2n) is 4.78. The van der Waals surface area contributed by atoms with E-state index in [1.807, 2.05) is 0 Å². The molecule has 3 rings (SSSR count). The van der Waals surface area contributed by atoms with Gasteiger partial charge in [0, 0.05) is 10.0 Å². The Labute approximate surface area is 158 Å². The molecule has 0 unspecified atom stereocenters. The third kappa shape index (κ3) is 3.88. The van der Waals surface area contributed by atoms with Gasteiger partial charge in [-0.15, -0.1) is 0 Å². The Morgan fingerprint density at radius 2 is 1.92 bits per heavy atom. The lowest BCUT2D eigenvalue weighted by Crippen LogP contribution is -2.19. The van der Waals surface area contributed by atoms with Gasteiger partial charge in [0.2, 0.25) is 0 Å². The molecule has 2 aromatic carbocycles.